The summed E-state index contributed by atoms with van der Waals surface area (Å²) in [6, 6.07) is 11.8. The number of hydrogen-bond acceptors (Lipinski definition) is 3. The molecule has 0 spiro atoms. The predicted molar refractivity (Wildman–Crippen MR) is 69.4 cm³/mol. The third-order valence-electron chi connectivity index (χ3n) is 3.07. The second kappa shape index (κ2) is 4.56. The van der Waals surface area contributed by atoms with Gasteiger partial charge in [0.15, 0.2) is 0 Å². The molecule has 0 unspecified atom stereocenters. The SMILES string of the molecule is O=C1CN(c2ccccc2-c2ccco2)CCN1. The Morgan fingerprint density at radius 1 is 1.17 bits per heavy atom. The first-order valence-electron chi connectivity index (χ1n) is 5.99. The molecule has 2 aromatic rings. The number of para-hydroxylation sites is 1. The first-order valence-corrected chi connectivity index (χ1v) is 5.99. The van der Waals surface area contributed by atoms with Gasteiger partial charge >= 0.3 is 0 Å². The fraction of sp³-hybridized carbons (Fsp3) is 0.214. The van der Waals surface area contributed by atoms with Crippen molar-refractivity contribution in [1.29, 1.82) is 0 Å². The fourth-order valence-electron chi connectivity index (χ4n) is 2.23. The molecule has 1 saturated heterocycles. The van der Waals surface area contributed by atoms with Crippen LogP contribution in [-0.2, 0) is 4.79 Å². The number of nitrogens with one attached hydrogen (secondary N) is 1. The molecule has 1 aromatic carbocycles. The Morgan fingerprint density at radius 2 is 2.06 bits per heavy atom. The molecule has 92 valence electrons. The van der Waals surface area contributed by atoms with Crippen molar-refractivity contribution in [3.63, 3.8) is 0 Å². The van der Waals surface area contributed by atoms with Crippen LogP contribution in [0.1, 0.15) is 0 Å². The van der Waals surface area contributed by atoms with E-state index in [1.54, 1.807) is 6.26 Å². The van der Waals surface area contributed by atoms with E-state index in [2.05, 4.69) is 10.2 Å². The quantitative estimate of drug-likeness (QED) is 0.874. The van der Waals surface area contributed by atoms with Gasteiger partial charge in [0.05, 0.1) is 12.8 Å². The van der Waals surface area contributed by atoms with Gasteiger partial charge in [0.1, 0.15) is 5.76 Å². The van der Waals surface area contributed by atoms with Crippen molar-refractivity contribution >= 4 is 11.6 Å². The maximum Gasteiger partial charge on any atom is 0.239 e. The van der Waals surface area contributed by atoms with Crippen molar-refractivity contribution in [1.82, 2.24) is 5.32 Å². The highest BCUT2D eigenvalue weighted by atomic mass is 16.3. The van der Waals surface area contributed by atoms with Gasteiger partial charge in [0, 0.05) is 24.3 Å². The number of piperazine rings is 1. The van der Waals surface area contributed by atoms with Crippen LogP contribution < -0.4 is 10.2 Å². The van der Waals surface area contributed by atoms with Crippen LogP contribution in [0.3, 0.4) is 0 Å². The van der Waals surface area contributed by atoms with Crippen LogP contribution >= 0.6 is 0 Å². The molecule has 1 aliphatic heterocycles. The number of hydrogen-bond donors (Lipinski definition) is 1. The predicted octanol–water partition coefficient (Wildman–Crippen LogP) is 1.88. The summed E-state index contributed by atoms with van der Waals surface area (Å²) in [7, 11) is 0. The number of furan rings is 1. The van der Waals surface area contributed by atoms with E-state index in [9.17, 15) is 4.79 Å². The molecule has 0 bridgehead atoms. The maximum absolute atomic E-state index is 11.5. The Balaban J connectivity index is 1.99. The summed E-state index contributed by atoms with van der Waals surface area (Å²) in [6.45, 7) is 1.91. The lowest BCUT2D eigenvalue weighted by atomic mass is 10.1. The lowest BCUT2D eigenvalue weighted by Crippen LogP contribution is -2.47. The Labute approximate surface area is 105 Å². The van der Waals surface area contributed by atoms with Gasteiger partial charge in [-0.3, -0.25) is 4.79 Å². The van der Waals surface area contributed by atoms with Crippen LogP contribution in [0.15, 0.2) is 47.1 Å². The van der Waals surface area contributed by atoms with Crippen LogP contribution in [0, 0.1) is 0 Å². The summed E-state index contributed by atoms with van der Waals surface area (Å²) in [5.41, 5.74) is 2.07. The Kier molecular flexibility index (Phi) is 2.76. The molecule has 1 amide bonds. The van der Waals surface area contributed by atoms with E-state index in [0.717, 1.165) is 23.6 Å². The Hall–Kier alpha value is -2.23. The van der Waals surface area contributed by atoms with Crippen molar-refractivity contribution in [2.45, 2.75) is 0 Å². The van der Waals surface area contributed by atoms with E-state index in [1.807, 2.05) is 36.4 Å². The zero-order chi connectivity index (χ0) is 12.4. The molecule has 2 heterocycles. The van der Waals surface area contributed by atoms with E-state index in [0.29, 0.717) is 13.1 Å². The van der Waals surface area contributed by atoms with Crippen molar-refractivity contribution in [2.24, 2.45) is 0 Å². The van der Waals surface area contributed by atoms with Gasteiger partial charge in [-0.2, -0.15) is 0 Å². The minimum atomic E-state index is 0.0653. The molecule has 0 radical (unpaired) electrons. The largest absolute Gasteiger partial charge is 0.464 e. The summed E-state index contributed by atoms with van der Waals surface area (Å²) < 4.78 is 5.45. The molecule has 0 aliphatic carbocycles. The van der Waals surface area contributed by atoms with E-state index < -0.39 is 0 Å². The van der Waals surface area contributed by atoms with Crippen LogP contribution in [0.25, 0.3) is 11.3 Å². The zero-order valence-corrected chi connectivity index (χ0v) is 9.93. The average molecular weight is 242 g/mol. The monoisotopic (exact) mass is 242 g/mol. The molecule has 4 heteroatoms. The third-order valence-corrected chi connectivity index (χ3v) is 3.07. The van der Waals surface area contributed by atoms with Crippen LogP contribution in [0.4, 0.5) is 5.69 Å². The van der Waals surface area contributed by atoms with Gasteiger partial charge in [0.2, 0.25) is 5.91 Å². The molecule has 1 N–H and O–H groups in total. The second-order valence-corrected chi connectivity index (χ2v) is 4.27. The van der Waals surface area contributed by atoms with Crippen LogP contribution in [-0.4, -0.2) is 25.5 Å². The van der Waals surface area contributed by atoms with Crippen molar-refractivity contribution in [2.75, 3.05) is 24.5 Å². The van der Waals surface area contributed by atoms with E-state index >= 15 is 0 Å². The standard InChI is InChI=1S/C14H14N2O2/c17-14-10-16(8-7-15-14)12-5-2-1-4-11(12)13-6-3-9-18-13/h1-6,9H,7-8,10H2,(H,15,17). The molecule has 1 fully saturated rings. The van der Waals surface area contributed by atoms with Gasteiger partial charge < -0.3 is 14.6 Å². The molecule has 0 saturated carbocycles. The van der Waals surface area contributed by atoms with Crippen molar-refractivity contribution < 1.29 is 9.21 Å². The minimum Gasteiger partial charge on any atom is -0.464 e. The minimum absolute atomic E-state index is 0.0653. The number of amides is 1. The molecule has 1 aromatic heterocycles. The van der Waals surface area contributed by atoms with Gasteiger partial charge in [0.25, 0.3) is 0 Å². The molecular weight excluding hydrogens is 228 g/mol. The smallest absolute Gasteiger partial charge is 0.239 e. The number of rotatable bonds is 2. The van der Waals surface area contributed by atoms with E-state index in [1.165, 1.54) is 0 Å². The number of nitrogens with zero attached hydrogens (tertiary/aromatic N) is 1. The highest BCUT2D eigenvalue weighted by molar-refractivity contribution is 5.85. The molecular formula is C14H14N2O2. The highest BCUT2D eigenvalue weighted by Gasteiger charge is 2.19. The first kappa shape index (κ1) is 10.9. The molecule has 4 nitrogen and oxygen atoms in total. The first-order chi connectivity index (χ1) is 8.84. The van der Waals surface area contributed by atoms with E-state index in [-0.39, 0.29) is 5.91 Å². The maximum atomic E-state index is 11.5. The summed E-state index contributed by atoms with van der Waals surface area (Å²) in [4.78, 5) is 13.5. The number of anilines is 1. The summed E-state index contributed by atoms with van der Waals surface area (Å²) in [5.74, 6) is 0.895. The van der Waals surface area contributed by atoms with Crippen molar-refractivity contribution in [3.8, 4) is 11.3 Å². The molecule has 3 rings (SSSR count). The normalized spacial score (nSPS) is 15.6. The molecule has 0 atom stereocenters. The summed E-state index contributed by atoms with van der Waals surface area (Å²) in [6.07, 6.45) is 1.66. The fourth-order valence-corrected chi connectivity index (χ4v) is 2.23. The second-order valence-electron chi connectivity index (χ2n) is 4.27. The third kappa shape index (κ3) is 1.97. The average Bonchev–Trinajstić information content (AvgIpc) is 2.92. The lowest BCUT2D eigenvalue weighted by Gasteiger charge is -2.29. The lowest BCUT2D eigenvalue weighted by molar-refractivity contribution is -0.120. The number of benzene rings is 1. The Bertz CT molecular complexity index is 549. The summed E-state index contributed by atoms with van der Waals surface area (Å²) >= 11 is 0. The molecule has 18 heavy (non-hydrogen) atoms. The zero-order valence-electron chi connectivity index (χ0n) is 9.93. The van der Waals surface area contributed by atoms with Gasteiger partial charge in [-0.1, -0.05) is 12.1 Å². The Morgan fingerprint density at radius 3 is 2.83 bits per heavy atom. The molecule has 1 aliphatic rings. The highest BCUT2D eigenvalue weighted by Crippen LogP contribution is 2.31. The van der Waals surface area contributed by atoms with E-state index in [4.69, 9.17) is 4.42 Å². The van der Waals surface area contributed by atoms with Gasteiger partial charge in [-0.15, -0.1) is 0 Å². The number of carbonyl (C=O) groups excluding carboxylic acids is 1. The topological polar surface area (TPSA) is 45.5 Å². The number of carbonyl (C=O) groups is 1. The van der Waals surface area contributed by atoms with Crippen molar-refractivity contribution in [3.05, 3.63) is 42.7 Å². The summed E-state index contributed by atoms with van der Waals surface area (Å²) in [5, 5.41) is 2.83. The van der Waals surface area contributed by atoms with Crippen LogP contribution in [0.5, 0.6) is 0 Å². The van der Waals surface area contributed by atoms with Gasteiger partial charge in [-0.05, 0) is 24.3 Å². The van der Waals surface area contributed by atoms with Crippen LogP contribution in [0.2, 0.25) is 0 Å². The van der Waals surface area contributed by atoms with Gasteiger partial charge in [-0.25, -0.2) is 0 Å².